The van der Waals surface area contributed by atoms with Gasteiger partial charge in [-0.1, -0.05) is 29.8 Å². The van der Waals surface area contributed by atoms with Gasteiger partial charge < -0.3 is 5.11 Å². The molecule has 2 nitrogen and oxygen atoms in total. The van der Waals surface area contributed by atoms with E-state index in [9.17, 15) is 5.11 Å². The predicted octanol–water partition coefficient (Wildman–Crippen LogP) is 3.49. The summed E-state index contributed by atoms with van der Waals surface area (Å²) in [5, 5.41) is 11.2. The Hall–Kier alpha value is -1.38. The lowest BCUT2D eigenvalue weighted by Crippen LogP contribution is -2.24. The van der Waals surface area contributed by atoms with Gasteiger partial charge in [-0.2, -0.15) is 0 Å². The van der Waals surface area contributed by atoms with E-state index in [2.05, 4.69) is 4.98 Å². The highest BCUT2D eigenvalue weighted by Gasteiger charge is 2.23. The van der Waals surface area contributed by atoms with Crippen molar-refractivity contribution in [3.63, 3.8) is 0 Å². The van der Waals surface area contributed by atoms with Crippen molar-refractivity contribution >= 4 is 11.6 Å². The van der Waals surface area contributed by atoms with Gasteiger partial charge in [0, 0.05) is 28.9 Å². The summed E-state index contributed by atoms with van der Waals surface area (Å²) in [6.07, 6.45) is 2.26. The number of halogens is 1. The topological polar surface area (TPSA) is 33.1 Å². The standard InChI is InChI=1S/C15H16ClNO/c1-11-3-6-13(10-17-11)15(2,18)9-12-4-7-14(16)8-5-12/h3-8,10,18H,9H2,1-2H3/t15-/m1/s1. The maximum Gasteiger partial charge on any atom is 0.0923 e. The van der Waals surface area contributed by atoms with Crippen LogP contribution in [0.5, 0.6) is 0 Å². The highest BCUT2D eigenvalue weighted by Crippen LogP contribution is 2.25. The fourth-order valence-corrected chi connectivity index (χ4v) is 2.01. The largest absolute Gasteiger partial charge is 0.385 e. The van der Waals surface area contributed by atoms with Gasteiger partial charge in [-0.15, -0.1) is 0 Å². The molecule has 2 rings (SSSR count). The van der Waals surface area contributed by atoms with E-state index in [1.807, 2.05) is 43.3 Å². The molecule has 0 bridgehead atoms. The molecular weight excluding hydrogens is 246 g/mol. The summed E-state index contributed by atoms with van der Waals surface area (Å²) in [5.41, 5.74) is 1.89. The first-order valence-electron chi connectivity index (χ1n) is 5.87. The Bertz CT molecular complexity index is 517. The van der Waals surface area contributed by atoms with Crippen LogP contribution in [0.15, 0.2) is 42.6 Å². The molecule has 1 N–H and O–H groups in total. The van der Waals surface area contributed by atoms with Gasteiger partial charge in [0.2, 0.25) is 0 Å². The van der Waals surface area contributed by atoms with E-state index in [1.54, 1.807) is 13.1 Å². The number of aliphatic hydroxyl groups is 1. The van der Waals surface area contributed by atoms with Gasteiger partial charge in [0.15, 0.2) is 0 Å². The Morgan fingerprint density at radius 1 is 1.17 bits per heavy atom. The average Bonchev–Trinajstić information content (AvgIpc) is 2.32. The lowest BCUT2D eigenvalue weighted by Gasteiger charge is -2.23. The van der Waals surface area contributed by atoms with Gasteiger partial charge in [-0.25, -0.2) is 0 Å². The van der Waals surface area contributed by atoms with Crippen molar-refractivity contribution in [3.8, 4) is 0 Å². The van der Waals surface area contributed by atoms with Crippen molar-refractivity contribution < 1.29 is 5.11 Å². The fraction of sp³-hybridized carbons (Fsp3) is 0.267. The van der Waals surface area contributed by atoms with E-state index < -0.39 is 5.60 Å². The first-order valence-corrected chi connectivity index (χ1v) is 6.25. The van der Waals surface area contributed by atoms with Gasteiger partial charge in [-0.3, -0.25) is 4.98 Å². The molecule has 0 unspecified atom stereocenters. The molecule has 0 saturated carbocycles. The fourth-order valence-electron chi connectivity index (χ4n) is 1.89. The summed E-state index contributed by atoms with van der Waals surface area (Å²) >= 11 is 5.84. The molecule has 0 spiro atoms. The molecule has 94 valence electrons. The van der Waals surface area contributed by atoms with Crippen molar-refractivity contribution in [2.75, 3.05) is 0 Å². The molecule has 2 aromatic rings. The van der Waals surface area contributed by atoms with Gasteiger partial charge in [0.1, 0.15) is 0 Å². The number of rotatable bonds is 3. The second-order valence-electron chi connectivity index (χ2n) is 4.77. The van der Waals surface area contributed by atoms with Crippen LogP contribution >= 0.6 is 11.6 Å². The van der Waals surface area contributed by atoms with Gasteiger partial charge in [0.05, 0.1) is 5.60 Å². The van der Waals surface area contributed by atoms with Crippen LogP contribution in [-0.2, 0) is 12.0 Å². The maximum atomic E-state index is 10.5. The monoisotopic (exact) mass is 261 g/mol. The number of benzene rings is 1. The normalized spacial score (nSPS) is 14.2. The minimum Gasteiger partial charge on any atom is -0.385 e. The summed E-state index contributed by atoms with van der Waals surface area (Å²) < 4.78 is 0. The van der Waals surface area contributed by atoms with Crippen molar-refractivity contribution in [2.24, 2.45) is 0 Å². The Labute approximate surface area is 112 Å². The number of aromatic nitrogens is 1. The van der Waals surface area contributed by atoms with Crippen LogP contribution in [0.2, 0.25) is 5.02 Å². The summed E-state index contributed by atoms with van der Waals surface area (Å²) in [6.45, 7) is 3.73. The van der Waals surface area contributed by atoms with Gasteiger partial charge in [0.25, 0.3) is 0 Å². The Morgan fingerprint density at radius 3 is 2.39 bits per heavy atom. The maximum absolute atomic E-state index is 10.5. The van der Waals surface area contributed by atoms with Crippen molar-refractivity contribution in [3.05, 3.63) is 64.4 Å². The highest BCUT2D eigenvalue weighted by molar-refractivity contribution is 6.30. The molecule has 0 fully saturated rings. The predicted molar refractivity (Wildman–Crippen MR) is 73.7 cm³/mol. The van der Waals surface area contributed by atoms with E-state index in [1.165, 1.54) is 0 Å². The molecule has 18 heavy (non-hydrogen) atoms. The third-order valence-corrected chi connectivity index (χ3v) is 3.25. The minimum atomic E-state index is -0.922. The number of hydrogen-bond acceptors (Lipinski definition) is 2. The molecular formula is C15H16ClNO. The Kier molecular flexibility index (Phi) is 3.69. The zero-order chi connectivity index (χ0) is 13.2. The molecule has 0 amide bonds. The first kappa shape index (κ1) is 13.1. The van der Waals surface area contributed by atoms with E-state index >= 15 is 0 Å². The lowest BCUT2D eigenvalue weighted by atomic mass is 9.90. The summed E-state index contributed by atoms with van der Waals surface area (Å²) in [5.74, 6) is 0. The van der Waals surface area contributed by atoms with Crippen molar-refractivity contribution in [2.45, 2.75) is 25.9 Å². The summed E-state index contributed by atoms with van der Waals surface area (Å²) in [6, 6.07) is 11.3. The van der Waals surface area contributed by atoms with E-state index in [-0.39, 0.29) is 0 Å². The zero-order valence-electron chi connectivity index (χ0n) is 10.5. The van der Waals surface area contributed by atoms with Crippen LogP contribution in [0.25, 0.3) is 0 Å². The van der Waals surface area contributed by atoms with Crippen LogP contribution < -0.4 is 0 Å². The molecule has 0 aliphatic rings. The number of aryl methyl sites for hydroxylation is 1. The smallest absolute Gasteiger partial charge is 0.0923 e. The number of nitrogens with zero attached hydrogens (tertiary/aromatic N) is 1. The molecule has 3 heteroatoms. The SMILES string of the molecule is Cc1ccc([C@](C)(O)Cc2ccc(Cl)cc2)cn1. The molecule has 1 aromatic heterocycles. The molecule has 0 radical (unpaired) electrons. The molecule has 1 atom stereocenters. The van der Waals surface area contributed by atoms with E-state index in [0.717, 1.165) is 16.8 Å². The summed E-state index contributed by atoms with van der Waals surface area (Å²) in [7, 11) is 0. The molecule has 0 saturated heterocycles. The zero-order valence-corrected chi connectivity index (χ0v) is 11.3. The highest BCUT2D eigenvalue weighted by atomic mass is 35.5. The van der Waals surface area contributed by atoms with Gasteiger partial charge in [-0.05, 0) is 37.6 Å². The number of hydrogen-bond donors (Lipinski definition) is 1. The molecule has 1 heterocycles. The second-order valence-corrected chi connectivity index (χ2v) is 5.20. The first-order chi connectivity index (χ1) is 8.47. The molecule has 1 aromatic carbocycles. The number of pyridine rings is 1. The Balaban J connectivity index is 2.20. The molecule has 0 aliphatic carbocycles. The van der Waals surface area contributed by atoms with Gasteiger partial charge >= 0.3 is 0 Å². The van der Waals surface area contributed by atoms with Crippen LogP contribution in [0, 0.1) is 6.92 Å². The van der Waals surface area contributed by atoms with E-state index in [4.69, 9.17) is 11.6 Å². The van der Waals surface area contributed by atoms with Crippen LogP contribution in [0.3, 0.4) is 0 Å². The van der Waals surface area contributed by atoms with Crippen LogP contribution in [-0.4, -0.2) is 10.1 Å². The molecule has 0 aliphatic heterocycles. The second kappa shape index (κ2) is 5.09. The third-order valence-electron chi connectivity index (χ3n) is 2.99. The Morgan fingerprint density at radius 2 is 1.83 bits per heavy atom. The average molecular weight is 262 g/mol. The van der Waals surface area contributed by atoms with Crippen LogP contribution in [0.4, 0.5) is 0 Å². The van der Waals surface area contributed by atoms with Crippen molar-refractivity contribution in [1.82, 2.24) is 4.98 Å². The third kappa shape index (κ3) is 3.09. The minimum absolute atomic E-state index is 0.537. The van der Waals surface area contributed by atoms with Crippen LogP contribution in [0.1, 0.15) is 23.7 Å². The van der Waals surface area contributed by atoms with E-state index in [0.29, 0.717) is 11.4 Å². The summed E-state index contributed by atoms with van der Waals surface area (Å²) in [4.78, 5) is 4.22. The lowest BCUT2D eigenvalue weighted by molar-refractivity contribution is 0.0572. The van der Waals surface area contributed by atoms with Crippen molar-refractivity contribution in [1.29, 1.82) is 0 Å². The quantitative estimate of drug-likeness (QED) is 0.917.